The molecule has 0 aromatic carbocycles. The minimum atomic E-state index is -0.400. The molecular weight excluding hydrogens is 290 g/mol. The number of hydrogen-bond acceptors (Lipinski definition) is 5. The molecule has 0 spiro atoms. The van der Waals surface area contributed by atoms with E-state index in [4.69, 9.17) is 4.74 Å². The fraction of sp³-hybridized carbons (Fsp3) is 0.357. The summed E-state index contributed by atoms with van der Waals surface area (Å²) >= 11 is 1.73. The predicted molar refractivity (Wildman–Crippen MR) is 84.2 cm³/mol. The van der Waals surface area contributed by atoms with E-state index in [0.29, 0.717) is 17.9 Å². The third-order valence-electron chi connectivity index (χ3n) is 2.89. The molecule has 2 rings (SSSR count). The van der Waals surface area contributed by atoms with Crippen molar-refractivity contribution >= 4 is 28.7 Å². The van der Waals surface area contributed by atoms with Crippen LogP contribution in [-0.4, -0.2) is 41.0 Å². The fourth-order valence-corrected chi connectivity index (χ4v) is 2.37. The molecule has 0 saturated carbocycles. The molecule has 6 nitrogen and oxygen atoms in total. The predicted octanol–water partition coefficient (Wildman–Crippen LogP) is 1.41. The van der Waals surface area contributed by atoms with E-state index < -0.39 is 5.43 Å². The van der Waals surface area contributed by atoms with Crippen molar-refractivity contribution in [3.63, 3.8) is 0 Å². The van der Waals surface area contributed by atoms with E-state index in [0.717, 1.165) is 11.5 Å². The average molecular weight is 307 g/mol. The van der Waals surface area contributed by atoms with Crippen molar-refractivity contribution in [2.75, 3.05) is 25.2 Å². The minimum Gasteiger partial charge on any atom is -0.481 e. The van der Waals surface area contributed by atoms with Crippen LogP contribution in [0.25, 0.3) is 11.0 Å². The molecular formula is C14H17N3O3S. The molecule has 0 fully saturated rings. The normalized spacial score (nSPS) is 10.6. The number of thioether (sulfide) groups is 1. The van der Waals surface area contributed by atoms with Crippen molar-refractivity contribution in [2.45, 2.75) is 6.92 Å². The van der Waals surface area contributed by atoms with E-state index in [1.165, 1.54) is 13.3 Å². The third kappa shape index (κ3) is 3.55. The van der Waals surface area contributed by atoms with Crippen molar-refractivity contribution in [2.24, 2.45) is 0 Å². The van der Waals surface area contributed by atoms with Gasteiger partial charge in [0.25, 0.3) is 5.91 Å². The average Bonchev–Trinajstić information content (AvgIpc) is 2.51. The highest BCUT2D eigenvalue weighted by Gasteiger charge is 2.13. The van der Waals surface area contributed by atoms with Gasteiger partial charge in [0.2, 0.25) is 11.3 Å². The molecule has 2 N–H and O–H groups in total. The van der Waals surface area contributed by atoms with Crippen LogP contribution in [0.4, 0.5) is 0 Å². The highest BCUT2D eigenvalue weighted by atomic mass is 32.2. The molecule has 0 aliphatic rings. The summed E-state index contributed by atoms with van der Waals surface area (Å²) < 4.78 is 5.00. The maximum absolute atomic E-state index is 12.3. The van der Waals surface area contributed by atoms with Crippen molar-refractivity contribution in [3.05, 3.63) is 34.1 Å². The first-order chi connectivity index (χ1) is 10.2. The SMILES string of the molecule is CCSCCNC(=O)c1c[nH]c2ccc(OC)nc2c1=O. The number of carbonyl (C=O) groups is 1. The van der Waals surface area contributed by atoms with Gasteiger partial charge in [-0.3, -0.25) is 9.59 Å². The summed E-state index contributed by atoms with van der Waals surface area (Å²) in [6, 6.07) is 3.35. The quantitative estimate of drug-likeness (QED) is 0.788. The Morgan fingerprint density at radius 1 is 1.48 bits per heavy atom. The Morgan fingerprint density at radius 3 is 3.00 bits per heavy atom. The van der Waals surface area contributed by atoms with Gasteiger partial charge in [-0.25, -0.2) is 4.98 Å². The Bertz CT molecular complexity index is 699. The van der Waals surface area contributed by atoms with Crippen LogP contribution in [0.5, 0.6) is 5.88 Å². The smallest absolute Gasteiger partial charge is 0.256 e. The van der Waals surface area contributed by atoms with Crippen LogP contribution in [0.2, 0.25) is 0 Å². The van der Waals surface area contributed by atoms with Gasteiger partial charge >= 0.3 is 0 Å². The largest absolute Gasteiger partial charge is 0.481 e. The lowest BCUT2D eigenvalue weighted by Crippen LogP contribution is -2.30. The van der Waals surface area contributed by atoms with E-state index in [-0.39, 0.29) is 17.0 Å². The highest BCUT2D eigenvalue weighted by Crippen LogP contribution is 2.11. The molecule has 2 heterocycles. The van der Waals surface area contributed by atoms with Crippen LogP contribution in [-0.2, 0) is 0 Å². The summed E-state index contributed by atoms with van der Waals surface area (Å²) in [5.74, 6) is 1.76. The number of rotatable bonds is 6. The number of aromatic amines is 1. The Hall–Kier alpha value is -2.02. The zero-order valence-electron chi connectivity index (χ0n) is 11.9. The van der Waals surface area contributed by atoms with Gasteiger partial charge in [0.1, 0.15) is 11.1 Å². The number of H-pyrrole nitrogens is 1. The zero-order valence-corrected chi connectivity index (χ0v) is 12.8. The molecule has 0 aliphatic heterocycles. The first-order valence-corrected chi connectivity index (χ1v) is 7.75. The monoisotopic (exact) mass is 307 g/mol. The van der Waals surface area contributed by atoms with Crippen LogP contribution in [0, 0.1) is 0 Å². The van der Waals surface area contributed by atoms with Crippen LogP contribution in [0.3, 0.4) is 0 Å². The maximum Gasteiger partial charge on any atom is 0.256 e. The van der Waals surface area contributed by atoms with Gasteiger partial charge < -0.3 is 15.0 Å². The molecule has 0 bridgehead atoms. The second-order valence-corrected chi connectivity index (χ2v) is 5.63. The Kier molecular flexibility index (Phi) is 5.21. The van der Waals surface area contributed by atoms with Gasteiger partial charge in [0, 0.05) is 24.6 Å². The van der Waals surface area contributed by atoms with Crippen molar-refractivity contribution < 1.29 is 9.53 Å². The van der Waals surface area contributed by atoms with Gasteiger partial charge in [-0.15, -0.1) is 0 Å². The molecule has 21 heavy (non-hydrogen) atoms. The van der Waals surface area contributed by atoms with Gasteiger partial charge in [-0.05, 0) is 11.8 Å². The van der Waals surface area contributed by atoms with E-state index in [2.05, 4.69) is 22.2 Å². The van der Waals surface area contributed by atoms with Gasteiger partial charge in [-0.2, -0.15) is 11.8 Å². The van der Waals surface area contributed by atoms with Crippen molar-refractivity contribution in [3.8, 4) is 5.88 Å². The standard InChI is InChI=1S/C14H17N3O3S/c1-3-21-7-6-15-14(19)9-8-16-10-4-5-11(20-2)17-12(10)13(9)18/h4-5,8H,3,6-7H2,1-2H3,(H,15,19)(H,16,18). The first-order valence-electron chi connectivity index (χ1n) is 6.59. The second kappa shape index (κ2) is 7.12. The second-order valence-electron chi connectivity index (χ2n) is 4.23. The topological polar surface area (TPSA) is 84.1 Å². The summed E-state index contributed by atoms with van der Waals surface area (Å²) in [5.41, 5.74) is 0.428. The molecule has 2 aromatic rings. The number of nitrogens with zero attached hydrogens (tertiary/aromatic N) is 1. The van der Waals surface area contributed by atoms with Crippen molar-refractivity contribution in [1.29, 1.82) is 0 Å². The summed E-state index contributed by atoms with van der Waals surface area (Å²) in [5, 5.41) is 2.73. The lowest BCUT2D eigenvalue weighted by atomic mass is 10.2. The molecule has 0 saturated heterocycles. The molecule has 7 heteroatoms. The zero-order chi connectivity index (χ0) is 15.2. The summed E-state index contributed by atoms with van der Waals surface area (Å²) in [6.07, 6.45) is 1.42. The van der Waals surface area contributed by atoms with Gasteiger partial charge in [-0.1, -0.05) is 6.92 Å². The summed E-state index contributed by atoms with van der Waals surface area (Å²) in [7, 11) is 1.48. The van der Waals surface area contributed by atoms with E-state index in [1.54, 1.807) is 23.9 Å². The van der Waals surface area contributed by atoms with E-state index >= 15 is 0 Å². The van der Waals surface area contributed by atoms with Gasteiger partial charge in [0.05, 0.1) is 12.6 Å². The molecule has 112 valence electrons. The Labute approximate surface area is 126 Å². The fourth-order valence-electron chi connectivity index (χ4n) is 1.83. The molecule has 0 aliphatic carbocycles. The number of pyridine rings is 2. The molecule has 0 radical (unpaired) electrons. The van der Waals surface area contributed by atoms with Crippen LogP contribution >= 0.6 is 11.8 Å². The lowest BCUT2D eigenvalue weighted by Gasteiger charge is -2.06. The van der Waals surface area contributed by atoms with Crippen LogP contribution in [0.15, 0.2) is 23.1 Å². The van der Waals surface area contributed by atoms with Crippen LogP contribution < -0.4 is 15.5 Å². The maximum atomic E-state index is 12.3. The Morgan fingerprint density at radius 2 is 2.29 bits per heavy atom. The Balaban J connectivity index is 2.26. The number of hydrogen-bond donors (Lipinski definition) is 2. The number of amides is 1. The number of methoxy groups -OCH3 is 1. The molecule has 0 unspecified atom stereocenters. The van der Waals surface area contributed by atoms with E-state index in [9.17, 15) is 9.59 Å². The number of carbonyl (C=O) groups excluding carboxylic acids is 1. The van der Waals surface area contributed by atoms with Crippen molar-refractivity contribution in [1.82, 2.24) is 15.3 Å². The highest BCUT2D eigenvalue weighted by molar-refractivity contribution is 7.99. The number of fused-ring (bicyclic) bond motifs is 1. The van der Waals surface area contributed by atoms with Crippen LogP contribution in [0.1, 0.15) is 17.3 Å². The number of ether oxygens (including phenoxy) is 1. The van der Waals surface area contributed by atoms with Gasteiger partial charge in [0.15, 0.2) is 0 Å². The van der Waals surface area contributed by atoms with E-state index in [1.807, 2.05) is 0 Å². The molecule has 2 aromatic heterocycles. The number of nitrogens with one attached hydrogen (secondary N) is 2. The number of aromatic nitrogens is 2. The lowest BCUT2D eigenvalue weighted by molar-refractivity contribution is 0.0955. The summed E-state index contributed by atoms with van der Waals surface area (Å²) in [4.78, 5) is 31.4. The minimum absolute atomic E-state index is 0.0600. The first kappa shape index (κ1) is 15.4. The third-order valence-corrected chi connectivity index (χ3v) is 3.79. The molecule has 0 atom stereocenters. The summed E-state index contributed by atoms with van der Waals surface area (Å²) in [6.45, 7) is 2.58. The molecule has 1 amide bonds.